The van der Waals surface area contributed by atoms with Gasteiger partial charge in [-0.2, -0.15) is 0 Å². The summed E-state index contributed by atoms with van der Waals surface area (Å²) in [4.78, 5) is 25.7. The van der Waals surface area contributed by atoms with Gasteiger partial charge in [-0.1, -0.05) is 30.4 Å². The number of rotatable bonds is 2. The van der Waals surface area contributed by atoms with Crippen LogP contribution >= 0.6 is 0 Å². The molecule has 1 aromatic rings. The van der Waals surface area contributed by atoms with Crippen LogP contribution in [0.3, 0.4) is 0 Å². The summed E-state index contributed by atoms with van der Waals surface area (Å²) in [5.41, 5.74) is 0.0200. The van der Waals surface area contributed by atoms with Gasteiger partial charge in [-0.25, -0.2) is 0 Å². The Morgan fingerprint density at radius 1 is 1.35 bits per heavy atom. The van der Waals surface area contributed by atoms with Crippen molar-refractivity contribution in [3.05, 3.63) is 42.5 Å². The third-order valence-corrected chi connectivity index (χ3v) is 4.45. The molecule has 4 atom stereocenters. The Balaban J connectivity index is 1.76. The molecule has 3 aliphatic heterocycles. The number of benzene rings is 1. The summed E-state index contributed by atoms with van der Waals surface area (Å²) in [6, 6.07) is 9.29. The molecule has 0 saturated carbocycles. The second-order valence-corrected chi connectivity index (χ2v) is 5.50. The van der Waals surface area contributed by atoms with Gasteiger partial charge < -0.3 is 14.7 Å². The number of carbonyl (C=O) groups excluding carboxylic acids is 1. The molecule has 2 fully saturated rings. The van der Waals surface area contributed by atoms with Crippen molar-refractivity contribution < 1.29 is 19.4 Å². The topological polar surface area (TPSA) is 66.8 Å². The second-order valence-electron chi connectivity index (χ2n) is 5.50. The van der Waals surface area contributed by atoms with Gasteiger partial charge in [0.2, 0.25) is 5.91 Å². The number of carbonyl (C=O) groups is 2. The Kier molecular flexibility index (Phi) is 2.16. The minimum atomic E-state index is -0.963. The molecule has 0 unspecified atom stereocenters. The van der Waals surface area contributed by atoms with E-state index >= 15 is 0 Å². The normalized spacial score (nSPS) is 37.5. The maximum atomic E-state index is 12.6. The highest BCUT2D eigenvalue weighted by atomic mass is 16.5. The van der Waals surface area contributed by atoms with Crippen molar-refractivity contribution in [2.75, 3.05) is 11.4 Å². The van der Waals surface area contributed by atoms with Crippen LogP contribution in [0.4, 0.5) is 5.69 Å². The highest BCUT2D eigenvalue weighted by Gasteiger charge is 2.67. The van der Waals surface area contributed by atoms with Crippen molar-refractivity contribution >= 4 is 17.6 Å². The van der Waals surface area contributed by atoms with E-state index in [1.54, 1.807) is 11.0 Å². The summed E-state index contributed by atoms with van der Waals surface area (Å²) < 4.78 is 5.83. The molecule has 2 saturated heterocycles. The quantitative estimate of drug-likeness (QED) is 0.817. The van der Waals surface area contributed by atoms with Crippen molar-refractivity contribution in [1.29, 1.82) is 0 Å². The standard InChI is InChI=1S/C15H13NO4/c17-13-12-11(14(18)19)10-6-7-15(12,20-10)8-16(13)9-4-2-1-3-5-9/h1-7,10-12H,8H2,(H,18,19)/t10-,11+,12+,15-/m0/s1. The zero-order valence-corrected chi connectivity index (χ0v) is 10.6. The number of ether oxygens (including phenoxy) is 1. The van der Waals surface area contributed by atoms with Gasteiger partial charge in [-0.05, 0) is 12.1 Å². The number of carboxylic acid groups (broad SMARTS) is 1. The predicted molar refractivity (Wildman–Crippen MR) is 70.2 cm³/mol. The van der Waals surface area contributed by atoms with Gasteiger partial charge in [-0.15, -0.1) is 0 Å². The van der Waals surface area contributed by atoms with E-state index in [4.69, 9.17) is 4.74 Å². The molecule has 3 aliphatic rings. The zero-order chi connectivity index (χ0) is 13.9. The summed E-state index contributed by atoms with van der Waals surface area (Å²) >= 11 is 0. The van der Waals surface area contributed by atoms with E-state index in [9.17, 15) is 14.7 Å². The first-order valence-corrected chi connectivity index (χ1v) is 6.59. The van der Waals surface area contributed by atoms with E-state index in [0.29, 0.717) is 6.54 Å². The molecule has 5 heteroatoms. The highest BCUT2D eigenvalue weighted by molar-refractivity contribution is 6.02. The van der Waals surface area contributed by atoms with E-state index in [0.717, 1.165) is 5.69 Å². The number of anilines is 1. The van der Waals surface area contributed by atoms with Crippen LogP contribution in [0, 0.1) is 11.8 Å². The lowest BCUT2D eigenvalue weighted by Gasteiger charge is -2.21. The van der Waals surface area contributed by atoms with Crippen LogP contribution in [0.25, 0.3) is 0 Å². The molecule has 1 amide bonds. The summed E-state index contributed by atoms with van der Waals surface area (Å²) in [6.07, 6.45) is 3.17. The van der Waals surface area contributed by atoms with Crippen molar-refractivity contribution in [1.82, 2.24) is 0 Å². The van der Waals surface area contributed by atoms with Crippen LogP contribution in [0.2, 0.25) is 0 Å². The van der Waals surface area contributed by atoms with E-state index in [2.05, 4.69) is 0 Å². The summed E-state index contributed by atoms with van der Waals surface area (Å²) in [5, 5.41) is 9.37. The van der Waals surface area contributed by atoms with E-state index in [-0.39, 0.29) is 5.91 Å². The number of fused-ring (bicyclic) bond motifs is 1. The number of para-hydroxylation sites is 1. The van der Waals surface area contributed by atoms with E-state index in [1.165, 1.54) is 0 Å². The number of nitrogens with zero attached hydrogens (tertiary/aromatic N) is 1. The fraction of sp³-hybridized carbons (Fsp3) is 0.333. The smallest absolute Gasteiger partial charge is 0.310 e. The van der Waals surface area contributed by atoms with Crippen molar-refractivity contribution in [2.45, 2.75) is 11.7 Å². The number of hydrogen-bond donors (Lipinski definition) is 1. The molecule has 3 heterocycles. The number of aliphatic carboxylic acids is 1. The van der Waals surface area contributed by atoms with Crippen molar-refractivity contribution in [2.24, 2.45) is 11.8 Å². The van der Waals surface area contributed by atoms with Crippen LogP contribution in [0.15, 0.2) is 42.5 Å². The molecule has 0 aliphatic carbocycles. The van der Waals surface area contributed by atoms with Crippen LogP contribution in [0.5, 0.6) is 0 Å². The molecule has 1 spiro atoms. The van der Waals surface area contributed by atoms with Gasteiger partial charge in [0.05, 0.1) is 18.6 Å². The second kappa shape index (κ2) is 3.70. The first-order chi connectivity index (χ1) is 9.62. The minimum absolute atomic E-state index is 0.157. The van der Waals surface area contributed by atoms with Crippen molar-refractivity contribution in [3.8, 4) is 0 Å². The van der Waals surface area contributed by atoms with Crippen LogP contribution in [-0.2, 0) is 14.3 Å². The Labute approximate surface area is 115 Å². The van der Waals surface area contributed by atoms with Gasteiger partial charge in [0, 0.05) is 5.69 Å². The maximum Gasteiger partial charge on any atom is 0.310 e. The highest BCUT2D eigenvalue weighted by Crippen LogP contribution is 2.52. The lowest BCUT2D eigenvalue weighted by atomic mass is 9.77. The van der Waals surface area contributed by atoms with Crippen LogP contribution in [0.1, 0.15) is 0 Å². The molecule has 20 heavy (non-hydrogen) atoms. The van der Waals surface area contributed by atoms with E-state index < -0.39 is 29.5 Å². The largest absolute Gasteiger partial charge is 0.481 e. The predicted octanol–water partition coefficient (Wildman–Crippen LogP) is 1.06. The average molecular weight is 271 g/mol. The lowest BCUT2D eigenvalue weighted by molar-refractivity contribution is -0.146. The molecule has 1 N–H and O–H groups in total. The Morgan fingerprint density at radius 2 is 2.10 bits per heavy atom. The first kappa shape index (κ1) is 11.7. The van der Waals surface area contributed by atoms with Crippen molar-refractivity contribution in [3.63, 3.8) is 0 Å². The van der Waals surface area contributed by atoms with Gasteiger partial charge in [0.25, 0.3) is 0 Å². The summed E-state index contributed by atoms with van der Waals surface area (Å²) in [6.45, 7) is 0.386. The van der Waals surface area contributed by atoms with Gasteiger partial charge >= 0.3 is 5.97 Å². The van der Waals surface area contributed by atoms with Gasteiger partial charge in [0.1, 0.15) is 11.5 Å². The fourth-order valence-corrected chi connectivity index (χ4v) is 3.61. The number of amides is 1. The fourth-order valence-electron chi connectivity index (χ4n) is 3.61. The summed E-state index contributed by atoms with van der Waals surface area (Å²) in [5.74, 6) is -2.51. The molecule has 0 aromatic heterocycles. The third-order valence-electron chi connectivity index (χ3n) is 4.45. The Hall–Kier alpha value is -2.14. The van der Waals surface area contributed by atoms with E-state index in [1.807, 2.05) is 36.4 Å². The zero-order valence-electron chi connectivity index (χ0n) is 10.6. The molecule has 4 rings (SSSR count). The van der Waals surface area contributed by atoms with Crippen LogP contribution in [-0.4, -0.2) is 35.2 Å². The summed E-state index contributed by atoms with van der Waals surface area (Å²) in [7, 11) is 0. The van der Waals surface area contributed by atoms with Crippen LogP contribution < -0.4 is 4.90 Å². The van der Waals surface area contributed by atoms with Gasteiger partial charge in [0.15, 0.2) is 0 Å². The SMILES string of the molecule is O=C(O)[C@@H]1[C@@H]2C=C[C@@]3(CN(c4ccccc4)C(=O)[C@@H]13)O2. The maximum absolute atomic E-state index is 12.6. The molecule has 1 aromatic carbocycles. The molecule has 102 valence electrons. The molecule has 2 bridgehead atoms. The number of hydrogen-bond acceptors (Lipinski definition) is 3. The molecular weight excluding hydrogens is 258 g/mol. The first-order valence-electron chi connectivity index (χ1n) is 6.59. The van der Waals surface area contributed by atoms with Gasteiger partial charge in [-0.3, -0.25) is 9.59 Å². The molecule has 0 radical (unpaired) electrons. The monoisotopic (exact) mass is 271 g/mol. The third kappa shape index (κ3) is 1.30. The Bertz CT molecular complexity index is 626. The average Bonchev–Trinajstić information content (AvgIpc) is 3.08. The number of carboxylic acids is 1. The molecule has 5 nitrogen and oxygen atoms in total. The molecular formula is C15H13NO4. The lowest BCUT2D eigenvalue weighted by Crippen LogP contribution is -2.39. The minimum Gasteiger partial charge on any atom is -0.481 e. The Morgan fingerprint density at radius 3 is 2.80 bits per heavy atom.